The first-order valence-electron chi connectivity index (χ1n) is 4.67. The van der Waals surface area contributed by atoms with E-state index in [9.17, 15) is 0 Å². The van der Waals surface area contributed by atoms with E-state index in [1.165, 1.54) is 19.3 Å². The molecule has 0 radical (unpaired) electrons. The van der Waals surface area contributed by atoms with E-state index < -0.39 is 0 Å². The van der Waals surface area contributed by atoms with Crippen LogP contribution in [-0.4, -0.2) is 12.6 Å². The number of hydrogen-bond acceptors (Lipinski definition) is 1. The lowest BCUT2D eigenvalue weighted by molar-refractivity contribution is 0.583. The first kappa shape index (κ1) is 10.7. The fourth-order valence-electron chi connectivity index (χ4n) is 1.06. The third-order valence-corrected chi connectivity index (χ3v) is 1.73. The molecule has 1 unspecified atom stereocenters. The molecule has 0 heterocycles. The number of allylic oxidation sites excluding steroid dienone is 1. The lowest BCUT2D eigenvalue weighted by Gasteiger charge is -2.07. The molecule has 0 saturated heterocycles. The molecule has 11 heavy (non-hydrogen) atoms. The zero-order valence-corrected chi connectivity index (χ0v) is 8.06. The highest BCUT2D eigenvalue weighted by atomic mass is 14.9. The van der Waals surface area contributed by atoms with Gasteiger partial charge >= 0.3 is 0 Å². The van der Waals surface area contributed by atoms with Crippen molar-refractivity contribution in [3.63, 3.8) is 0 Å². The molecular formula is C10H21N. The number of unbranched alkanes of at least 4 members (excludes halogenated alkanes) is 2. The highest BCUT2D eigenvalue weighted by Crippen LogP contribution is 1.92. The van der Waals surface area contributed by atoms with Gasteiger partial charge in [0.25, 0.3) is 0 Å². The summed E-state index contributed by atoms with van der Waals surface area (Å²) in [4.78, 5) is 0. The van der Waals surface area contributed by atoms with Gasteiger partial charge in [-0.15, -0.1) is 0 Å². The summed E-state index contributed by atoms with van der Waals surface area (Å²) in [7, 11) is 0. The third-order valence-electron chi connectivity index (χ3n) is 1.73. The summed E-state index contributed by atoms with van der Waals surface area (Å²) in [5.41, 5.74) is 0. The Morgan fingerprint density at radius 2 is 2.09 bits per heavy atom. The quantitative estimate of drug-likeness (QED) is 0.459. The zero-order chi connectivity index (χ0) is 8.53. The topological polar surface area (TPSA) is 12.0 Å². The Morgan fingerprint density at radius 1 is 1.36 bits per heavy atom. The molecular weight excluding hydrogens is 134 g/mol. The fourth-order valence-corrected chi connectivity index (χ4v) is 1.06. The van der Waals surface area contributed by atoms with Gasteiger partial charge in [0.05, 0.1) is 0 Å². The molecule has 0 aromatic rings. The van der Waals surface area contributed by atoms with Gasteiger partial charge in [0.1, 0.15) is 0 Å². The molecule has 0 spiro atoms. The molecule has 0 aromatic carbocycles. The van der Waals surface area contributed by atoms with Crippen LogP contribution in [-0.2, 0) is 0 Å². The lowest BCUT2D eigenvalue weighted by Crippen LogP contribution is -2.24. The molecule has 0 aliphatic carbocycles. The summed E-state index contributed by atoms with van der Waals surface area (Å²) in [5.74, 6) is 0. The van der Waals surface area contributed by atoms with E-state index in [-0.39, 0.29) is 0 Å². The molecule has 0 bridgehead atoms. The lowest BCUT2D eigenvalue weighted by atomic mass is 10.2. The molecule has 0 amide bonds. The van der Waals surface area contributed by atoms with E-state index in [0.717, 1.165) is 6.54 Å². The largest absolute Gasteiger partial charge is 0.311 e. The maximum atomic E-state index is 3.43. The van der Waals surface area contributed by atoms with Crippen molar-refractivity contribution < 1.29 is 0 Å². The van der Waals surface area contributed by atoms with Crippen molar-refractivity contribution in [2.45, 2.75) is 46.1 Å². The second-order valence-corrected chi connectivity index (χ2v) is 2.98. The predicted octanol–water partition coefficient (Wildman–Crippen LogP) is 2.73. The van der Waals surface area contributed by atoms with Crippen LogP contribution in [0.25, 0.3) is 0 Å². The highest BCUT2D eigenvalue weighted by Gasteiger charge is 1.92. The van der Waals surface area contributed by atoms with Crippen molar-refractivity contribution in [3.8, 4) is 0 Å². The van der Waals surface area contributed by atoms with Crippen LogP contribution in [0, 0.1) is 0 Å². The normalized spacial score (nSPS) is 14.1. The molecule has 0 saturated carbocycles. The first-order chi connectivity index (χ1) is 5.31. The van der Waals surface area contributed by atoms with Crippen LogP contribution < -0.4 is 5.32 Å². The van der Waals surface area contributed by atoms with E-state index >= 15 is 0 Å². The van der Waals surface area contributed by atoms with E-state index in [2.05, 4.69) is 38.2 Å². The van der Waals surface area contributed by atoms with Crippen LogP contribution in [0.3, 0.4) is 0 Å². The summed E-state index contributed by atoms with van der Waals surface area (Å²) >= 11 is 0. The predicted molar refractivity (Wildman–Crippen MR) is 51.8 cm³/mol. The van der Waals surface area contributed by atoms with Crippen molar-refractivity contribution in [3.05, 3.63) is 12.2 Å². The molecule has 0 aliphatic heterocycles. The van der Waals surface area contributed by atoms with Crippen LogP contribution in [0.5, 0.6) is 0 Å². The van der Waals surface area contributed by atoms with Crippen LogP contribution in [0.4, 0.5) is 0 Å². The van der Waals surface area contributed by atoms with Gasteiger partial charge in [-0.1, -0.05) is 31.9 Å². The van der Waals surface area contributed by atoms with Crippen molar-refractivity contribution in [1.29, 1.82) is 0 Å². The first-order valence-corrected chi connectivity index (χ1v) is 4.67. The number of rotatable bonds is 6. The van der Waals surface area contributed by atoms with Crippen LogP contribution in [0.15, 0.2) is 12.2 Å². The monoisotopic (exact) mass is 155 g/mol. The van der Waals surface area contributed by atoms with Crippen molar-refractivity contribution in [2.24, 2.45) is 0 Å². The summed E-state index contributed by atoms with van der Waals surface area (Å²) in [6.45, 7) is 7.63. The van der Waals surface area contributed by atoms with Gasteiger partial charge in [-0.05, 0) is 26.8 Å². The van der Waals surface area contributed by atoms with Crippen LogP contribution >= 0.6 is 0 Å². The minimum Gasteiger partial charge on any atom is -0.311 e. The minimum atomic E-state index is 0.539. The maximum absolute atomic E-state index is 3.43. The van der Waals surface area contributed by atoms with Crippen molar-refractivity contribution in [2.75, 3.05) is 6.54 Å². The molecule has 0 aromatic heterocycles. The standard InChI is InChI=1S/C10H21N/c1-4-6-7-9-11-10(3)8-5-2/h5,8,10-11H,4,6-7,9H2,1-3H3. The molecule has 1 N–H and O–H groups in total. The molecule has 1 heteroatoms. The second-order valence-electron chi connectivity index (χ2n) is 2.98. The van der Waals surface area contributed by atoms with E-state index in [1.54, 1.807) is 0 Å². The molecule has 0 fully saturated rings. The highest BCUT2D eigenvalue weighted by molar-refractivity contribution is 4.87. The molecule has 0 aliphatic rings. The van der Waals surface area contributed by atoms with Gasteiger partial charge in [0.15, 0.2) is 0 Å². The second kappa shape index (κ2) is 7.80. The molecule has 1 nitrogen and oxygen atoms in total. The van der Waals surface area contributed by atoms with Gasteiger partial charge < -0.3 is 5.32 Å². The van der Waals surface area contributed by atoms with Crippen LogP contribution in [0.2, 0.25) is 0 Å². The van der Waals surface area contributed by atoms with Gasteiger partial charge in [-0.25, -0.2) is 0 Å². The average Bonchev–Trinajstić information content (AvgIpc) is 1.99. The molecule has 0 rings (SSSR count). The number of hydrogen-bond donors (Lipinski definition) is 1. The smallest absolute Gasteiger partial charge is 0.0221 e. The Kier molecular flexibility index (Phi) is 7.59. The molecule has 66 valence electrons. The number of nitrogens with one attached hydrogen (secondary N) is 1. The van der Waals surface area contributed by atoms with E-state index in [4.69, 9.17) is 0 Å². The summed E-state index contributed by atoms with van der Waals surface area (Å²) < 4.78 is 0. The summed E-state index contributed by atoms with van der Waals surface area (Å²) in [6.07, 6.45) is 8.23. The van der Waals surface area contributed by atoms with E-state index in [0.29, 0.717) is 6.04 Å². The van der Waals surface area contributed by atoms with Crippen molar-refractivity contribution in [1.82, 2.24) is 5.32 Å². The summed E-state index contributed by atoms with van der Waals surface area (Å²) in [6, 6.07) is 0.539. The Labute approximate surface area is 70.9 Å². The average molecular weight is 155 g/mol. The van der Waals surface area contributed by atoms with Gasteiger partial charge in [-0.2, -0.15) is 0 Å². The Balaban J connectivity index is 3.10. The molecule has 1 atom stereocenters. The van der Waals surface area contributed by atoms with Gasteiger partial charge in [-0.3, -0.25) is 0 Å². The Bertz CT molecular complexity index is 97.0. The SMILES string of the molecule is CC=CC(C)NCCCCC. The summed E-state index contributed by atoms with van der Waals surface area (Å²) in [5, 5.41) is 3.43. The fraction of sp³-hybridized carbons (Fsp3) is 0.800. The Morgan fingerprint density at radius 3 is 2.64 bits per heavy atom. The zero-order valence-electron chi connectivity index (χ0n) is 8.06. The maximum Gasteiger partial charge on any atom is 0.0221 e. The van der Waals surface area contributed by atoms with Crippen LogP contribution in [0.1, 0.15) is 40.0 Å². The van der Waals surface area contributed by atoms with Crippen molar-refractivity contribution >= 4 is 0 Å². The van der Waals surface area contributed by atoms with E-state index in [1.807, 2.05) is 0 Å². The Hall–Kier alpha value is -0.300. The van der Waals surface area contributed by atoms with Gasteiger partial charge in [0, 0.05) is 6.04 Å². The minimum absolute atomic E-state index is 0.539. The third kappa shape index (κ3) is 7.60. The van der Waals surface area contributed by atoms with Gasteiger partial charge in [0.2, 0.25) is 0 Å².